The molecule has 0 aromatic heterocycles. The minimum atomic E-state index is -4.52. The van der Waals surface area contributed by atoms with Crippen LogP contribution >= 0.6 is 11.8 Å². The minimum absolute atomic E-state index is 0.0313. The van der Waals surface area contributed by atoms with E-state index in [4.69, 9.17) is 4.55 Å². The van der Waals surface area contributed by atoms with E-state index < -0.39 is 22.3 Å². The second-order valence-corrected chi connectivity index (χ2v) is 7.08. The fourth-order valence-electron chi connectivity index (χ4n) is 2.66. The van der Waals surface area contributed by atoms with Crippen LogP contribution in [0, 0.1) is 5.92 Å². The maximum Gasteiger partial charge on any atom is 0.397 e. The lowest BCUT2D eigenvalue weighted by Crippen LogP contribution is -2.58. The standard InChI is InChI=1S/C11H15NO7S2/c1-2-20-8-5-7-6(3-4-19-21(16,17)18)10(13)12(7)9(8)11(14)15/h6-7H,2-5H2,1H3,(H,14,15)(H,16,17,18)/t6-,7-/m1/s1. The molecule has 2 aliphatic rings. The molecular weight excluding hydrogens is 322 g/mol. The van der Waals surface area contributed by atoms with Crippen molar-refractivity contribution in [3.8, 4) is 0 Å². The number of carboxylic acids is 1. The average molecular weight is 337 g/mol. The minimum Gasteiger partial charge on any atom is -0.477 e. The molecule has 0 bridgehead atoms. The molecule has 0 unspecified atom stereocenters. The van der Waals surface area contributed by atoms with Crippen molar-refractivity contribution < 1.29 is 31.8 Å². The molecule has 1 fully saturated rings. The lowest BCUT2D eigenvalue weighted by Gasteiger charge is -2.43. The lowest BCUT2D eigenvalue weighted by atomic mass is 9.85. The van der Waals surface area contributed by atoms with E-state index in [0.717, 1.165) is 0 Å². The first-order chi connectivity index (χ1) is 9.76. The third-order valence-electron chi connectivity index (χ3n) is 3.43. The molecule has 21 heavy (non-hydrogen) atoms. The van der Waals surface area contributed by atoms with E-state index in [1.54, 1.807) is 0 Å². The van der Waals surface area contributed by atoms with Crippen LogP contribution in [0.5, 0.6) is 0 Å². The zero-order chi connectivity index (χ0) is 15.8. The van der Waals surface area contributed by atoms with Crippen LogP contribution < -0.4 is 0 Å². The van der Waals surface area contributed by atoms with Crippen LogP contribution in [0.15, 0.2) is 10.6 Å². The molecule has 0 aromatic rings. The molecule has 2 atom stereocenters. The molecule has 0 radical (unpaired) electrons. The molecule has 2 heterocycles. The zero-order valence-corrected chi connectivity index (χ0v) is 12.8. The van der Waals surface area contributed by atoms with Gasteiger partial charge in [0.2, 0.25) is 5.91 Å². The van der Waals surface area contributed by atoms with E-state index in [0.29, 0.717) is 17.1 Å². The van der Waals surface area contributed by atoms with Crippen molar-refractivity contribution in [2.24, 2.45) is 5.92 Å². The first-order valence-electron chi connectivity index (χ1n) is 6.30. The molecule has 2 aliphatic heterocycles. The fourth-order valence-corrected chi connectivity index (χ4v) is 3.92. The Bertz CT molecular complexity index is 598. The van der Waals surface area contributed by atoms with Crippen LogP contribution in [0.2, 0.25) is 0 Å². The van der Waals surface area contributed by atoms with Gasteiger partial charge in [0.15, 0.2) is 0 Å². The van der Waals surface area contributed by atoms with Crippen LogP contribution in [0.25, 0.3) is 0 Å². The Hall–Kier alpha value is -1.10. The summed E-state index contributed by atoms with van der Waals surface area (Å²) in [5.41, 5.74) is 0.0313. The van der Waals surface area contributed by atoms with Crippen molar-refractivity contribution in [1.82, 2.24) is 4.90 Å². The molecule has 0 spiro atoms. The zero-order valence-electron chi connectivity index (χ0n) is 11.2. The van der Waals surface area contributed by atoms with Gasteiger partial charge in [0.25, 0.3) is 0 Å². The number of nitrogens with zero attached hydrogens (tertiary/aromatic N) is 1. The summed E-state index contributed by atoms with van der Waals surface area (Å²) in [6.45, 7) is 1.59. The highest BCUT2D eigenvalue weighted by Crippen LogP contribution is 2.46. The number of hydrogen-bond acceptors (Lipinski definition) is 6. The van der Waals surface area contributed by atoms with Crippen molar-refractivity contribution in [3.05, 3.63) is 10.6 Å². The number of aliphatic carboxylic acids is 1. The van der Waals surface area contributed by atoms with E-state index in [1.807, 2.05) is 6.92 Å². The number of fused-ring (bicyclic) bond motifs is 1. The summed E-state index contributed by atoms with van der Waals surface area (Å²) in [5.74, 6) is -1.24. The summed E-state index contributed by atoms with van der Waals surface area (Å²) in [4.78, 5) is 25.2. The van der Waals surface area contributed by atoms with Crippen LogP contribution in [-0.2, 0) is 24.2 Å². The van der Waals surface area contributed by atoms with Gasteiger partial charge < -0.3 is 10.0 Å². The monoisotopic (exact) mass is 337 g/mol. The number of amides is 1. The smallest absolute Gasteiger partial charge is 0.397 e. The number of carboxylic acid groups (broad SMARTS) is 1. The van der Waals surface area contributed by atoms with Crippen molar-refractivity contribution in [2.75, 3.05) is 12.4 Å². The van der Waals surface area contributed by atoms with Gasteiger partial charge in [-0.15, -0.1) is 11.8 Å². The predicted octanol–water partition coefficient (Wildman–Crippen LogP) is 0.476. The SMILES string of the molecule is CCSC1=C(C(=O)O)N2C(=O)[C@H](CCOS(=O)(=O)O)[C@H]2C1. The lowest BCUT2D eigenvalue weighted by molar-refractivity contribution is -0.155. The number of hydrogen-bond donors (Lipinski definition) is 2. The van der Waals surface area contributed by atoms with Gasteiger partial charge in [0, 0.05) is 11.3 Å². The van der Waals surface area contributed by atoms with Gasteiger partial charge in [-0.2, -0.15) is 8.42 Å². The maximum absolute atomic E-state index is 12.0. The molecule has 0 saturated carbocycles. The number of thioether (sulfide) groups is 1. The highest BCUT2D eigenvalue weighted by molar-refractivity contribution is 8.03. The van der Waals surface area contributed by atoms with E-state index >= 15 is 0 Å². The maximum atomic E-state index is 12.0. The topological polar surface area (TPSA) is 121 Å². The molecule has 10 heteroatoms. The predicted molar refractivity (Wildman–Crippen MR) is 73.7 cm³/mol. The molecule has 8 nitrogen and oxygen atoms in total. The molecule has 118 valence electrons. The molecule has 0 aliphatic carbocycles. The summed E-state index contributed by atoms with van der Waals surface area (Å²) in [6.07, 6.45) is 0.583. The molecule has 2 rings (SSSR count). The summed E-state index contributed by atoms with van der Waals surface area (Å²) in [6, 6.07) is -0.261. The molecule has 1 amide bonds. The Balaban J connectivity index is 2.02. The van der Waals surface area contributed by atoms with Gasteiger partial charge in [-0.1, -0.05) is 6.92 Å². The van der Waals surface area contributed by atoms with Crippen LogP contribution in [-0.4, -0.2) is 53.3 Å². The Morgan fingerprint density at radius 1 is 1.52 bits per heavy atom. The summed E-state index contributed by atoms with van der Waals surface area (Å²) >= 11 is 1.39. The second kappa shape index (κ2) is 5.95. The van der Waals surface area contributed by atoms with E-state index in [1.165, 1.54) is 16.7 Å². The van der Waals surface area contributed by atoms with Crippen molar-refractivity contribution >= 4 is 34.0 Å². The number of carbonyl (C=O) groups is 2. The molecule has 0 aromatic carbocycles. The number of rotatable bonds is 7. The third kappa shape index (κ3) is 3.23. The van der Waals surface area contributed by atoms with Gasteiger partial charge in [-0.3, -0.25) is 9.35 Å². The highest BCUT2D eigenvalue weighted by atomic mass is 32.3. The van der Waals surface area contributed by atoms with Gasteiger partial charge >= 0.3 is 16.4 Å². The molecule has 2 N–H and O–H groups in total. The van der Waals surface area contributed by atoms with E-state index in [2.05, 4.69) is 4.18 Å². The van der Waals surface area contributed by atoms with E-state index in [-0.39, 0.29) is 30.7 Å². The third-order valence-corrected chi connectivity index (χ3v) is 4.89. The Morgan fingerprint density at radius 3 is 2.71 bits per heavy atom. The quantitative estimate of drug-likeness (QED) is 0.508. The normalized spacial score (nSPS) is 25.0. The Morgan fingerprint density at radius 2 is 2.19 bits per heavy atom. The Kier molecular flexibility index (Phi) is 4.61. The van der Waals surface area contributed by atoms with Gasteiger partial charge in [0.05, 0.1) is 18.6 Å². The van der Waals surface area contributed by atoms with Gasteiger partial charge in [0.1, 0.15) is 5.70 Å². The van der Waals surface area contributed by atoms with Crippen LogP contribution in [0.1, 0.15) is 19.8 Å². The number of carbonyl (C=O) groups excluding carboxylic acids is 1. The van der Waals surface area contributed by atoms with Gasteiger partial charge in [-0.05, 0) is 12.2 Å². The first kappa shape index (κ1) is 16.3. The first-order valence-corrected chi connectivity index (χ1v) is 8.65. The molecule has 1 saturated heterocycles. The summed E-state index contributed by atoms with van der Waals surface area (Å²) < 4.78 is 33.6. The second-order valence-electron chi connectivity index (χ2n) is 4.63. The largest absolute Gasteiger partial charge is 0.477 e. The summed E-state index contributed by atoms with van der Waals surface area (Å²) in [5, 5.41) is 9.22. The van der Waals surface area contributed by atoms with Gasteiger partial charge in [-0.25, -0.2) is 8.98 Å². The highest BCUT2D eigenvalue weighted by Gasteiger charge is 2.54. The van der Waals surface area contributed by atoms with Crippen molar-refractivity contribution in [2.45, 2.75) is 25.8 Å². The van der Waals surface area contributed by atoms with Crippen molar-refractivity contribution in [3.63, 3.8) is 0 Å². The van der Waals surface area contributed by atoms with Crippen LogP contribution in [0.4, 0.5) is 0 Å². The Labute approximate surface area is 126 Å². The van der Waals surface area contributed by atoms with Crippen LogP contribution in [0.3, 0.4) is 0 Å². The summed E-state index contributed by atoms with van der Waals surface area (Å²) in [7, 11) is -4.52. The average Bonchev–Trinajstić information content (AvgIpc) is 2.69. The fraction of sp³-hybridized carbons (Fsp3) is 0.636. The number of β-lactam (4-membered cyclic amide) rings is 1. The van der Waals surface area contributed by atoms with E-state index in [9.17, 15) is 23.1 Å². The molecular formula is C11H15NO7S2. The van der Waals surface area contributed by atoms with Crippen molar-refractivity contribution in [1.29, 1.82) is 0 Å².